The second-order valence-corrected chi connectivity index (χ2v) is 7.77. The lowest BCUT2D eigenvalue weighted by Crippen LogP contribution is -2.30. The molecular weight excluding hydrogens is 414 g/mol. The summed E-state index contributed by atoms with van der Waals surface area (Å²) in [5.74, 6) is -0.535. The molecule has 0 saturated heterocycles. The molecule has 1 aliphatic rings. The van der Waals surface area contributed by atoms with E-state index in [4.69, 9.17) is 11.6 Å². The molecule has 0 spiro atoms. The Balaban J connectivity index is 1.58. The van der Waals surface area contributed by atoms with Crippen LogP contribution in [0.3, 0.4) is 0 Å². The van der Waals surface area contributed by atoms with Crippen molar-refractivity contribution in [2.75, 3.05) is 18.4 Å². The van der Waals surface area contributed by atoms with Gasteiger partial charge in [-0.2, -0.15) is 0 Å². The number of hydrogen-bond donors (Lipinski definition) is 2. The maximum Gasteiger partial charge on any atom is 0.255 e. The number of hydrogen-bond acceptors (Lipinski definition) is 3. The summed E-state index contributed by atoms with van der Waals surface area (Å²) in [7, 11) is 0. The molecule has 1 fully saturated rings. The Hall–Kier alpha value is -3.12. The van der Waals surface area contributed by atoms with Crippen molar-refractivity contribution in [2.45, 2.75) is 32.7 Å². The Morgan fingerprint density at radius 2 is 1.74 bits per heavy atom. The van der Waals surface area contributed by atoms with E-state index in [1.54, 1.807) is 53.4 Å². The van der Waals surface area contributed by atoms with E-state index in [0.717, 1.165) is 18.4 Å². The highest BCUT2D eigenvalue weighted by atomic mass is 35.5. The molecule has 2 N–H and O–H groups in total. The highest BCUT2D eigenvalue weighted by Crippen LogP contribution is 2.23. The third kappa shape index (κ3) is 6.18. The van der Waals surface area contributed by atoms with Crippen LogP contribution in [0.5, 0.6) is 0 Å². The lowest BCUT2D eigenvalue weighted by atomic mass is 10.1. The molecule has 3 rings (SSSR count). The minimum Gasteiger partial charge on any atom is -0.349 e. The van der Waals surface area contributed by atoms with Gasteiger partial charge in [-0.15, -0.1) is 0 Å². The highest BCUT2D eigenvalue weighted by molar-refractivity contribution is 6.34. The van der Waals surface area contributed by atoms with Crippen LogP contribution in [-0.4, -0.2) is 41.8 Å². The largest absolute Gasteiger partial charge is 0.349 e. The molecule has 0 radical (unpaired) electrons. The lowest BCUT2D eigenvalue weighted by molar-refractivity contribution is -0.111. The van der Waals surface area contributed by atoms with Crippen LogP contribution in [-0.2, 0) is 4.79 Å². The van der Waals surface area contributed by atoms with Crippen molar-refractivity contribution >= 4 is 41.1 Å². The predicted molar refractivity (Wildman–Crippen MR) is 123 cm³/mol. The zero-order valence-electron chi connectivity index (χ0n) is 17.7. The first kappa shape index (κ1) is 22.6. The first-order valence-corrected chi connectivity index (χ1v) is 10.8. The Morgan fingerprint density at radius 1 is 1.06 bits per heavy atom. The van der Waals surface area contributed by atoms with Crippen molar-refractivity contribution in [1.29, 1.82) is 0 Å². The smallest absolute Gasteiger partial charge is 0.255 e. The summed E-state index contributed by atoms with van der Waals surface area (Å²) >= 11 is 6.26. The third-order valence-corrected chi connectivity index (χ3v) is 5.34. The summed E-state index contributed by atoms with van der Waals surface area (Å²) in [6.07, 6.45) is 5.16. The molecular formula is C24H26ClN3O3. The molecule has 1 aliphatic carbocycles. The van der Waals surface area contributed by atoms with Gasteiger partial charge in [0.2, 0.25) is 5.91 Å². The number of nitrogens with one attached hydrogen (secondary N) is 2. The van der Waals surface area contributed by atoms with Crippen molar-refractivity contribution in [3.63, 3.8) is 0 Å². The van der Waals surface area contributed by atoms with E-state index in [-0.39, 0.29) is 17.7 Å². The fourth-order valence-electron chi connectivity index (χ4n) is 3.05. The van der Waals surface area contributed by atoms with Gasteiger partial charge in [-0.25, -0.2) is 0 Å². The van der Waals surface area contributed by atoms with E-state index in [2.05, 4.69) is 10.6 Å². The van der Waals surface area contributed by atoms with Crippen LogP contribution in [0.15, 0.2) is 48.5 Å². The molecule has 0 aliphatic heterocycles. The fourth-order valence-corrected chi connectivity index (χ4v) is 3.31. The molecule has 6 nitrogen and oxygen atoms in total. The molecule has 2 aromatic rings. The van der Waals surface area contributed by atoms with Gasteiger partial charge < -0.3 is 15.5 Å². The minimum absolute atomic E-state index is 0.0735. The Kier molecular flexibility index (Phi) is 7.47. The summed E-state index contributed by atoms with van der Waals surface area (Å²) in [5, 5.41) is 5.97. The van der Waals surface area contributed by atoms with Crippen LogP contribution < -0.4 is 10.6 Å². The number of carbonyl (C=O) groups is 3. The van der Waals surface area contributed by atoms with Crippen molar-refractivity contribution < 1.29 is 14.4 Å². The SMILES string of the molecule is CCN(CC)C(=O)c1ccc(NC(=O)/C=C/c2ccc(C(=O)NC3CC3)cc2)cc1Cl. The van der Waals surface area contributed by atoms with Crippen LogP contribution in [0.2, 0.25) is 5.02 Å². The van der Waals surface area contributed by atoms with Crippen LogP contribution in [0.4, 0.5) is 5.69 Å². The van der Waals surface area contributed by atoms with Crippen molar-refractivity contribution in [3.05, 3.63) is 70.3 Å². The van der Waals surface area contributed by atoms with Gasteiger partial charge in [0.25, 0.3) is 11.8 Å². The molecule has 1 saturated carbocycles. The molecule has 0 aromatic heterocycles. The monoisotopic (exact) mass is 439 g/mol. The summed E-state index contributed by atoms with van der Waals surface area (Å²) < 4.78 is 0. The van der Waals surface area contributed by atoms with Gasteiger partial charge in [-0.1, -0.05) is 23.7 Å². The molecule has 0 atom stereocenters. The quantitative estimate of drug-likeness (QED) is 0.599. The van der Waals surface area contributed by atoms with E-state index >= 15 is 0 Å². The van der Waals surface area contributed by atoms with Gasteiger partial charge in [-0.05, 0) is 68.7 Å². The average Bonchev–Trinajstić information content (AvgIpc) is 3.57. The van der Waals surface area contributed by atoms with Crippen molar-refractivity contribution in [1.82, 2.24) is 10.2 Å². The molecule has 0 unspecified atom stereocenters. The molecule has 31 heavy (non-hydrogen) atoms. The summed E-state index contributed by atoms with van der Waals surface area (Å²) in [4.78, 5) is 38.4. The van der Waals surface area contributed by atoms with Crippen LogP contribution in [0, 0.1) is 0 Å². The van der Waals surface area contributed by atoms with Gasteiger partial charge in [0.05, 0.1) is 10.6 Å². The molecule has 2 aromatic carbocycles. The van der Waals surface area contributed by atoms with E-state index in [0.29, 0.717) is 41.0 Å². The first-order valence-electron chi connectivity index (χ1n) is 10.4. The van der Waals surface area contributed by atoms with Crippen molar-refractivity contribution in [2.24, 2.45) is 0 Å². The average molecular weight is 440 g/mol. The van der Waals surface area contributed by atoms with Crippen LogP contribution in [0.1, 0.15) is 53.0 Å². The number of rotatable bonds is 8. The van der Waals surface area contributed by atoms with Gasteiger partial charge in [0.1, 0.15) is 0 Å². The standard InChI is InChI=1S/C24H26ClN3O3/c1-3-28(4-2)24(31)20-13-12-19(15-21(20)25)26-22(29)14-7-16-5-8-17(9-6-16)23(30)27-18-10-11-18/h5-9,12-15,18H,3-4,10-11H2,1-2H3,(H,26,29)(H,27,30)/b14-7+. The zero-order chi connectivity index (χ0) is 22.4. The van der Waals surface area contributed by atoms with E-state index in [1.807, 2.05) is 13.8 Å². The number of benzene rings is 2. The number of amides is 3. The molecule has 7 heteroatoms. The first-order chi connectivity index (χ1) is 14.9. The second-order valence-electron chi connectivity index (χ2n) is 7.36. The number of halogens is 1. The van der Waals surface area contributed by atoms with E-state index in [9.17, 15) is 14.4 Å². The Bertz CT molecular complexity index is 994. The fraction of sp³-hybridized carbons (Fsp3) is 0.292. The highest BCUT2D eigenvalue weighted by Gasteiger charge is 2.23. The predicted octanol–water partition coefficient (Wildman–Crippen LogP) is 4.37. The topological polar surface area (TPSA) is 78.5 Å². The third-order valence-electron chi connectivity index (χ3n) is 5.03. The second kappa shape index (κ2) is 10.3. The molecule has 162 valence electrons. The van der Waals surface area contributed by atoms with Crippen molar-refractivity contribution in [3.8, 4) is 0 Å². The zero-order valence-corrected chi connectivity index (χ0v) is 18.4. The number of anilines is 1. The normalized spacial score (nSPS) is 13.1. The van der Waals surface area contributed by atoms with E-state index in [1.165, 1.54) is 6.08 Å². The summed E-state index contributed by atoms with van der Waals surface area (Å²) in [6, 6.07) is 12.2. The minimum atomic E-state index is -0.325. The summed E-state index contributed by atoms with van der Waals surface area (Å²) in [6.45, 7) is 5.02. The Morgan fingerprint density at radius 3 is 2.32 bits per heavy atom. The van der Waals surface area contributed by atoms with Gasteiger partial charge >= 0.3 is 0 Å². The van der Waals surface area contributed by atoms with Crippen LogP contribution >= 0.6 is 11.6 Å². The molecule has 0 bridgehead atoms. The summed E-state index contributed by atoms with van der Waals surface area (Å²) in [5.41, 5.74) is 2.31. The van der Waals surface area contributed by atoms with Gasteiger partial charge in [-0.3, -0.25) is 14.4 Å². The van der Waals surface area contributed by atoms with Crippen LogP contribution in [0.25, 0.3) is 6.08 Å². The lowest BCUT2D eigenvalue weighted by Gasteiger charge is -2.19. The molecule has 3 amide bonds. The maximum atomic E-state index is 12.5. The number of carbonyl (C=O) groups excluding carboxylic acids is 3. The Labute approximate surface area is 187 Å². The number of nitrogens with zero attached hydrogens (tertiary/aromatic N) is 1. The maximum absolute atomic E-state index is 12.5. The molecule has 0 heterocycles. The van der Waals surface area contributed by atoms with E-state index < -0.39 is 0 Å². The van der Waals surface area contributed by atoms with Gasteiger partial charge in [0.15, 0.2) is 0 Å². The van der Waals surface area contributed by atoms with Gasteiger partial charge in [0, 0.05) is 36.5 Å².